The third-order valence-electron chi connectivity index (χ3n) is 6.44. The predicted octanol–water partition coefficient (Wildman–Crippen LogP) is 4.55. The number of carbonyl (C=O) groups excluding carboxylic acids is 1. The van der Waals surface area contributed by atoms with Gasteiger partial charge in [-0.25, -0.2) is 18.2 Å². The molecule has 1 aliphatic heterocycles. The topological polar surface area (TPSA) is 66.3 Å². The van der Waals surface area contributed by atoms with Gasteiger partial charge in [0.2, 0.25) is 11.9 Å². The molecule has 2 aromatic carbocycles. The van der Waals surface area contributed by atoms with E-state index in [2.05, 4.69) is 15.3 Å². The molecule has 1 aliphatic rings. The number of aromatic nitrogens is 3. The number of hydrogen-bond acceptors (Lipinski definition) is 5. The van der Waals surface area contributed by atoms with Crippen molar-refractivity contribution in [2.75, 3.05) is 31.5 Å². The van der Waals surface area contributed by atoms with Crippen molar-refractivity contribution in [3.05, 3.63) is 77.4 Å². The van der Waals surface area contributed by atoms with E-state index in [4.69, 9.17) is 0 Å². The summed E-state index contributed by atoms with van der Waals surface area (Å²) in [7, 11) is 0. The molecule has 2 aromatic heterocycles. The van der Waals surface area contributed by atoms with Crippen LogP contribution in [0.2, 0.25) is 0 Å². The molecule has 0 bridgehead atoms. The molecule has 4 aromatic rings. The second-order valence-corrected chi connectivity index (χ2v) is 8.92. The van der Waals surface area contributed by atoms with E-state index in [1.807, 2.05) is 4.90 Å². The molecule has 1 amide bonds. The molecule has 1 saturated heterocycles. The number of nitrogens with zero attached hydrogens (tertiary/aromatic N) is 5. The zero-order valence-electron chi connectivity index (χ0n) is 19.9. The SMILES string of the molecule is CC(=O)N1CCN(Cc2c(F)cc(-n3ccc4cnc(Nc5ccc(F)c(C)c5)nc43)cc2F)CC1. The fourth-order valence-electron chi connectivity index (χ4n) is 4.36. The first-order valence-corrected chi connectivity index (χ1v) is 11.6. The number of anilines is 2. The molecule has 7 nitrogen and oxygen atoms in total. The summed E-state index contributed by atoms with van der Waals surface area (Å²) in [6.45, 7) is 5.51. The van der Waals surface area contributed by atoms with Crippen LogP contribution in [0.4, 0.5) is 24.8 Å². The number of nitrogens with one attached hydrogen (secondary N) is 1. The summed E-state index contributed by atoms with van der Waals surface area (Å²) in [5.74, 6) is -1.32. The highest BCUT2D eigenvalue weighted by Crippen LogP contribution is 2.25. The summed E-state index contributed by atoms with van der Waals surface area (Å²) in [6.07, 6.45) is 3.29. The summed E-state index contributed by atoms with van der Waals surface area (Å²) < 4.78 is 45.3. The van der Waals surface area contributed by atoms with Crippen LogP contribution in [0.25, 0.3) is 16.7 Å². The van der Waals surface area contributed by atoms with Gasteiger partial charge in [-0.3, -0.25) is 9.69 Å². The lowest BCUT2D eigenvalue weighted by Crippen LogP contribution is -2.47. The predicted molar refractivity (Wildman–Crippen MR) is 131 cm³/mol. The summed E-state index contributed by atoms with van der Waals surface area (Å²) in [5.41, 5.74) is 1.87. The zero-order chi connectivity index (χ0) is 25.4. The minimum atomic E-state index is -0.643. The van der Waals surface area contributed by atoms with Gasteiger partial charge in [0, 0.05) is 68.7 Å². The molecular formula is C26H25F3N6O. The Morgan fingerprint density at radius 1 is 1.00 bits per heavy atom. The first-order chi connectivity index (χ1) is 17.3. The highest BCUT2D eigenvalue weighted by molar-refractivity contribution is 5.79. The third-order valence-corrected chi connectivity index (χ3v) is 6.44. The van der Waals surface area contributed by atoms with E-state index < -0.39 is 11.6 Å². The molecule has 1 N–H and O–H groups in total. The summed E-state index contributed by atoms with van der Waals surface area (Å²) >= 11 is 0. The standard InChI is InChI=1S/C26H25F3N6O/c1-16-11-19(3-4-22(16)27)31-26-30-14-18-5-6-35(25(18)32-26)20-12-23(28)21(24(29)13-20)15-33-7-9-34(10-8-33)17(2)36/h3-6,11-14H,7-10,15H2,1-2H3,(H,30,31,32). The van der Waals surface area contributed by atoms with Crippen LogP contribution >= 0.6 is 0 Å². The maximum absolute atomic E-state index is 15.1. The first-order valence-electron chi connectivity index (χ1n) is 11.6. The molecule has 36 heavy (non-hydrogen) atoms. The van der Waals surface area contributed by atoms with Crippen LogP contribution in [-0.4, -0.2) is 56.4 Å². The molecule has 0 unspecified atom stereocenters. The van der Waals surface area contributed by atoms with E-state index >= 15 is 8.78 Å². The van der Waals surface area contributed by atoms with Gasteiger partial charge in [-0.1, -0.05) is 0 Å². The summed E-state index contributed by atoms with van der Waals surface area (Å²) in [6, 6.07) is 8.93. The first kappa shape index (κ1) is 23.8. The molecule has 0 atom stereocenters. The van der Waals surface area contributed by atoms with Crippen molar-refractivity contribution in [1.29, 1.82) is 0 Å². The normalized spacial score (nSPS) is 14.4. The van der Waals surface area contributed by atoms with Crippen LogP contribution in [0.5, 0.6) is 0 Å². The van der Waals surface area contributed by atoms with Crippen molar-refractivity contribution in [2.45, 2.75) is 20.4 Å². The maximum Gasteiger partial charge on any atom is 0.229 e. The Balaban J connectivity index is 1.39. The van der Waals surface area contributed by atoms with Crippen LogP contribution in [0.3, 0.4) is 0 Å². The van der Waals surface area contributed by atoms with Gasteiger partial charge in [0.15, 0.2) is 0 Å². The lowest BCUT2D eigenvalue weighted by molar-refractivity contribution is -0.130. The molecule has 0 spiro atoms. The van der Waals surface area contributed by atoms with E-state index in [0.717, 1.165) is 0 Å². The second-order valence-electron chi connectivity index (χ2n) is 8.92. The summed E-state index contributed by atoms with van der Waals surface area (Å²) in [4.78, 5) is 24.0. The van der Waals surface area contributed by atoms with E-state index in [-0.39, 0.29) is 29.8 Å². The minimum absolute atomic E-state index is 0.00449. The Labute approximate surface area is 206 Å². The van der Waals surface area contributed by atoms with Crippen molar-refractivity contribution >= 4 is 28.6 Å². The molecule has 3 heterocycles. The average Bonchev–Trinajstić information content (AvgIpc) is 3.27. The number of rotatable bonds is 5. The van der Waals surface area contributed by atoms with Crippen LogP contribution in [-0.2, 0) is 11.3 Å². The quantitative estimate of drug-likeness (QED) is 0.441. The van der Waals surface area contributed by atoms with Crippen molar-refractivity contribution in [3.63, 3.8) is 0 Å². The van der Waals surface area contributed by atoms with Gasteiger partial charge in [-0.05, 0) is 48.9 Å². The smallest absolute Gasteiger partial charge is 0.229 e. The zero-order valence-corrected chi connectivity index (χ0v) is 19.9. The molecule has 0 aliphatic carbocycles. The Morgan fingerprint density at radius 3 is 2.39 bits per heavy atom. The van der Waals surface area contributed by atoms with Gasteiger partial charge in [0.1, 0.15) is 23.1 Å². The van der Waals surface area contributed by atoms with Gasteiger partial charge in [-0.15, -0.1) is 0 Å². The van der Waals surface area contributed by atoms with E-state index in [1.165, 1.54) is 25.1 Å². The van der Waals surface area contributed by atoms with Gasteiger partial charge in [0.25, 0.3) is 0 Å². The molecule has 10 heteroatoms. The molecule has 5 rings (SSSR count). The number of fused-ring (bicyclic) bond motifs is 1. The molecule has 0 radical (unpaired) electrons. The lowest BCUT2D eigenvalue weighted by Gasteiger charge is -2.34. The fourth-order valence-corrected chi connectivity index (χ4v) is 4.36. The molecular weight excluding hydrogens is 469 g/mol. The third kappa shape index (κ3) is 4.76. The maximum atomic E-state index is 15.1. The number of hydrogen-bond donors (Lipinski definition) is 1. The van der Waals surface area contributed by atoms with E-state index in [0.29, 0.717) is 54.2 Å². The van der Waals surface area contributed by atoms with Crippen LogP contribution in [0.1, 0.15) is 18.1 Å². The molecule has 186 valence electrons. The lowest BCUT2D eigenvalue weighted by atomic mass is 10.1. The Morgan fingerprint density at radius 2 is 1.72 bits per heavy atom. The number of aryl methyl sites for hydroxylation is 1. The Bertz CT molecular complexity index is 1420. The van der Waals surface area contributed by atoms with Crippen LogP contribution < -0.4 is 5.32 Å². The van der Waals surface area contributed by atoms with Gasteiger partial charge >= 0.3 is 0 Å². The number of carbonyl (C=O) groups is 1. The van der Waals surface area contributed by atoms with Gasteiger partial charge in [0.05, 0.1) is 5.69 Å². The Kier molecular flexibility index (Phi) is 6.36. The van der Waals surface area contributed by atoms with Gasteiger partial charge in [-0.2, -0.15) is 4.98 Å². The number of halogens is 3. The minimum Gasteiger partial charge on any atom is -0.340 e. The number of benzene rings is 2. The largest absolute Gasteiger partial charge is 0.340 e. The number of piperazine rings is 1. The molecule has 1 fully saturated rings. The van der Waals surface area contributed by atoms with Crippen LogP contribution in [0.15, 0.2) is 48.8 Å². The molecule has 0 saturated carbocycles. The number of amides is 1. The average molecular weight is 495 g/mol. The second kappa shape index (κ2) is 9.62. The highest BCUT2D eigenvalue weighted by Gasteiger charge is 2.22. The monoisotopic (exact) mass is 494 g/mol. The van der Waals surface area contributed by atoms with Crippen molar-refractivity contribution in [1.82, 2.24) is 24.3 Å². The van der Waals surface area contributed by atoms with Crippen molar-refractivity contribution < 1.29 is 18.0 Å². The Hall–Kier alpha value is -3.92. The highest BCUT2D eigenvalue weighted by atomic mass is 19.1. The van der Waals surface area contributed by atoms with E-state index in [9.17, 15) is 9.18 Å². The van der Waals surface area contributed by atoms with Crippen molar-refractivity contribution in [3.8, 4) is 5.69 Å². The fraction of sp³-hybridized carbons (Fsp3) is 0.269. The summed E-state index contributed by atoms with van der Waals surface area (Å²) in [5, 5.41) is 3.74. The van der Waals surface area contributed by atoms with Crippen molar-refractivity contribution in [2.24, 2.45) is 0 Å². The van der Waals surface area contributed by atoms with Gasteiger partial charge < -0.3 is 14.8 Å². The van der Waals surface area contributed by atoms with E-state index in [1.54, 1.807) is 47.0 Å². The van der Waals surface area contributed by atoms with Crippen LogP contribution in [0, 0.1) is 24.4 Å².